The second-order valence-electron chi connectivity index (χ2n) is 4.00. The Kier molecular flexibility index (Phi) is 11.1. The van der Waals surface area contributed by atoms with Crippen molar-refractivity contribution in [3.05, 3.63) is 18.7 Å². The van der Waals surface area contributed by atoms with Gasteiger partial charge >= 0.3 is 0 Å². The molecule has 18 heavy (non-hydrogen) atoms. The summed E-state index contributed by atoms with van der Waals surface area (Å²) in [5.74, 6) is 0.141. The van der Waals surface area contributed by atoms with Gasteiger partial charge in [-0.2, -0.15) is 0 Å². The Morgan fingerprint density at radius 2 is 2.17 bits per heavy atom. The maximum Gasteiger partial charge on any atom is 0.237 e. The van der Waals surface area contributed by atoms with E-state index in [1.165, 1.54) is 0 Å². The monoisotopic (exact) mass is 296 g/mol. The van der Waals surface area contributed by atoms with Crippen molar-refractivity contribution in [1.29, 1.82) is 0 Å². The van der Waals surface area contributed by atoms with Crippen LogP contribution in [0.2, 0.25) is 0 Å². The van der Waals surface area contributed by atoms with Gasteiger partial charge in [0.1, 0.15) is 0 Å². The zero-order chi connectivity index (χ0) is 12.0. The first-order chi connectivity index (χ1) is 7.65. The first-order valence-electron chi connectivity index (χ1n) is 5.64. The van der Waals surface area contributed by atoms with Gasteiger partial charge in [0, 0.05) is 25.5 Å². The third-order valence-corrected chi connectivity index (χ3v) is 2.79. The second-order valence-corrected chi connectivity index (χ2v) is 4.00. The Hall–Kier alpha value is -0.780. The molecule has 0 spiro atoms. The summed E-state index contributed by atoms with van der Waals surface area (Å²) >= 11 is 0. The molecule has 5 nitrogen and oxygen atoms in total. The molecule has 1 aromatic rings. The molecule has 0 aliphatic rings. The third-order valence-electron chi connectivity index (χ3n) is 2.79. The molecule has 2 atom stereocenters. The molecule has 0 saturated heterocycles. The predicted molar refractivity (Wildman–Crippen MR) is 77.2 cm³/mol. The van der Waals surface area contributed by atoms with Gasteiger partial charge in [-0.15, -0.1) is 24.8 Å². The van der Waals surface area contributed by atoms with E-state index in [0.717, 1.165) is 13.0 Å². The van der Waals surface area contributed by atoms with Crippen molar-refractivity contribution in [3.63, 3.8) is 0 Å². The van der Waals surface area contributed by atoms with Crippen molar-refractivity contribution in [3.8, 4) is 0 Å². The molecular formula is C11H22Cl2N4O. The molecule has 0 fully saturated rings. The van der Waals surface area contributed by atoms with Crippen LogP contribution in [-0.4, -0.2) is 28.0 Å². The molecule has 0 aliphatic heterocycles. The number of nitrogens with two attached hydrogens (primary N) is 1. The lowest BCUT2D eigenvalue weighted by molar-refractivity contribution is -0.123. The maximum absolute atomic E-state index is 11.6. The van der Waals surface area contributed by atoms with E-state index in [0.29, 0.717) is 6.54 Å². The van der Waals surface area contributed by atoms with Gasteiger partial charge in [0.25, 0.3) is 0 Å². The van der Waals surface area contributed by atoms with Gasteiger partial charge in [-0.1, -0.05) is 20.3 Å². The van der Waals surface area contributed by atoms with Crippen molar-refractivity contribution in [1.82, 2.24) is 14.9 Å². The first kappa shape index (κ1) is 19.6. The first-order valence-corrected chi connectivity index (χ1v) is 5.64. The standard InChI is InChI=1S/C11H20N4O.2ClH/c1-3-9(2)10(12)11(16)14-5-7-15-6-4-13-8-15;;/h4,6,8-10H,3,5,7,12H2,1-2H3,(H,14,16);2*1H. The molecule has 106 valence electrons. The van der Waals surface area contributed by atoms with E-state index in [1.54, 1.807) is 12.5 Å². The quantitative estimate of drug-likeness (QED) is 0.829. The van der Waals surface area contributed by atoms with Crippen LogP contribution < -0.4 is 11.1 Å². The fraction of sp³-hybridized carbons (Fsp3) is 0.636. The van der Waals surface area contributed by atoms with Crippen LogP contribution in [0.25, 0.3) is 0 Å². The minimum absolute atomic E-state index is 0. The number of nitrogens with zero attached hydrogens (tertiary/aromatic N) is 2. The highest BCUT2D eigenvalue weighted by atomic mass is 35.5. The van der Waals surface area contributed by atoms with Gasteiger partial charge in [0.2, 0.25) is 5.91 Å². The predicted octanol–water partition coefficient (Wildman–Crippen LogP) is 1.22. The molecule has 1 amide bonds. The molecule has 0 saturated carbocycles. The van der Waals surface area contributed by atoms with E-state index in [-0.39, 0.29) is 36.6 Å². The summed E-state index contributed by atoms with van der Waals surface area (Å²) in [7, 11) is 0. The fourth-order valence-electron chi connectivity index (χ4n) is 1.36. The summed E-state index contributed by atoms with van der Waals surface area (Å²) in [4.78, 5) is 15.5. The SMILES string of the molecule is CCC(C)C(N)C(=O)NCCn1ccnc1.Cl.Cl. The molecule has 7 heteroatoms. The van der Waals surface area contributed by atoms with Gasteiger partial charge in [0.15, 0.2) is 0 Å². The van der Waals surface area contributed by atoms with E-state index in [2.05, 4.69) is 10.3 Å². The molecular weight excluding hydrogens is 275 g/mol. The van der Waals surface area contributed by atoms with E-state index >= 15 is 0 Å². The number of halogens is 2. The van der Waals surface area contributed by atoms with Crippen LogP contribution in [0.3, 0.4) is 0 Å². The smallest absolute Gasteiger partial charge is 0.237 e. The Bertz CT molecular complexity index is 319. The number of carbonyl (C=O) groups excluding carboxylic acids is 1. The maximum atomic E-state index is 11.6. The summed E-state index contributed by atoms with van der Waals surface area (Å²) in [6.45, 7) is 5.32. The van der Waals surface area contributed by atoms with Gasteiger partial charge < -0.3 is 15.6 Å². The number of aromatic nitrogens is 2. The summed E-state index contributed by atoms with van der Waals surface area (Å²) in [5.41, 5.74) is 5.80. The second kappa shape index (κ2) is 10.2. The highest BCUT2D eigenvalue weighted by Crippen LogP contribution is 2.04. The number of hydrogen-bond acceptors (Lipinski definition) is 3. The van der Waals surface area contributed by atoms with Crippen molar-refractivity contribution < 1.29 is 4.79 Å². The minimum Gasteiger partial charge on any atom is -0.353 e. The number of rotatable bonds is 6. The summed E-state index contributed by atoms with van der Waals surface area (Å²) < 4.78 is 1.91. The summed E-state index contributed by atoms with van der Waals surface area (Å²) in [6, 6.07) is -0.409. The average molecular weight is 297 g/mol. The molecule has 1 rings (SSSR count). The Labute approximate surface area is 120 Å². The van der Waals surface area contributed by atoms with E-state index in [9.17, 15) is 4.79 Å². The zero-order valence-corrected chi connectivity index (χ0v) is 12.3. The lowest BCUT2D eigenvalue weighted by Gasteiger charge is -2.17. The molecule has 3 N–H and O–H groups in total. The van der Waals surface area contributed by atoms with Crippen LogP contribution in [0, 0.1) is 5.92 Å². The minimum atomic E-state index is -0.409. The molecule has 0 radical (unpaired) electrons. The molecule has 0 aromatic carbocycles. The molecule has 0 aliphatic carbocycles. The van der Waals surface area contributed by atoms with Crippen LogP contribution in [0.5, 0.6) is 0 Å². The van der Waals surface area contributed by atoms with Crippen LogP contribution >= 0.6 is 24.8 Å². The highest BCUT2D eigenvalue weighted by molar-refractivity contribution is 5.85. The topological polar surface area (TPSA) is 72.9 Å². The van der Waals surface area contributed by atoms with Crippen LogP contribution in [0.15, 0.2) is 18.7 Å². The van der Waals surface area contributed by atoms with Crippen LogP contribution in [0.4, 0.5) is 0 Å². The highest BCUT2D eigenvalue weighted by Gasteiger charge is 2.18. The summed E-state index contributed by atoms with van der Waals surface area (Å²) in [6.07, 6.45) is 6.21. The van der Waals surface area contributed by atoms with Crippen LogP contribution in [0.1, 0.15) is 20.3 Å². The lowest BCUT2D eigenvalue weighted by atomic mass is 9.99. The van der Waals surface area contributed by atoms with Crippen molar-refractivity contribution >= 4 is 30.7 Å². The van der Waals surface area contributed by atoms with Gasteiger partial charge in [-0.25, -0.2) is 4.98 Å². The number of carbonyl (C=O) groups is 1. The molecule has 1 aromatic heterocycles. The van der Waals surface area contributed by atoms with Gasteiger partial charge in [-0.3, -0.25) is 4.79 Å². The Morgan fingerprint density at radius 3 is 2.67 bits per heavy atom. The van der Waals surface area contributed by atoms with Gasteiger partial charge in [0.05, 0.1) is 12.4 Å². The number of hydrogen-bond donors (Lipinski definition) is 2. The van der Waals surface area contributed by atoms with Crippen molar-refractivity contribution in [2.24, 2.45) is 11.7 Å². The largest absolute Gasteiger partial charge is 0.353 e. The van der Waals surface area contributed by atoms with Crippen molar-refractivity contribution in [2.75, 3.05) is 6.54 Å². The Morgan fingerprint density at radius 1 is 1.50 bits per heavy atom. The number of nitrogens with one attached hydrogen (secondary N) is 1. The summed E-state index contributed by atoms with van der Waals surface area (Å²) in [5, 5.41) is 2.82. The fourth-order valence-corrected chi connectivity index (χ4v) is 1.36. The van der Waals surface area contributed by atoms with E-state index in [4.69, 9.17) is 5.73 Å². The molecule has 0 bridgehead atoms. The number of amides is 1. The average Bonchev–Trinajstić information content (AvgIpc) is 2.79. The molecule has 2 unspecified atom stereocenters. The van der Waals surface area contributed by atoms with Crippen molar-refractivity contribution in [2.45, 2.75) is 32.9 Å². The molecule has 1 heterocycles. The van der Waals surface area contributed by atoms with E-state index < -0.39 is 6.04 Å². The normalized spacial score (nSPS) is 12.8. The Balaban J connectivity index is 0. The zero-order valence-electron chi connectivity index (χ0n) is 10.7. The number of imidazole rings is 1. The lowest BCUT2D eigenvalue weighted by Crippen LogP contribution is -2.45. The van der Waals surface area contributed by atoms with E-state index in [1.807, 2.05) is 24.6 Å². The van der Waals surface area contributed by atoms with Crippen LogP contribution in [-0.2, 0) is 11.3 Å². The third kappa shape index (κ3) is 6.23. The van der Waals surface area contributed by atoms with Gasteiger partial charge in [-0.05, 0) is 5.92 Å².